The van der Waals surface area contributed by atoms with Crippen LogP contribution in [0.3, 0.4) is 0 Å². The first-order valence-corrected chi connectivity index (χ1v) is 10.8. The molecule has 2 aromatic rings. The zero-order valence-electron chi connectivity index (χ0n) is 16.6. The fraction of sp³-hybridized carbons (Fsp3) is 0.333. The summed E-state index contributed by atoms with van der Waals surface area (Å²) in [5.41, 5.74) is 3.69. The van der Waals surface area contributed by atoms with Gasteiger partial charge in [0.05, 0.1) is 4.90 Å². The number of carbonyl (C=O) groups excluding carboxylic acids is 2. The molecule has 0 saturated carbocycles. The third-order valence-electron chi connectivity index (χ3n) is 5.00. The lowest BCUT2D eigenvalue weighted by molar-refractivity contribution is -0.152. The van der Waals surface area contributed by atoms with E-state index in [4.69, 9.17) is 4.74 Å². The first kappa shape index (κ1) is 21.0. The molecule has 0 aliphatic carbocycles. The van der Waals surface area contributed by atoms with Crippen molar-refractivity contribution in [2.75, 3.05) is 18.0 Å². The molecule has 1 atom stereocenters. The van der Waals surface area contributed by atoms with Crippen molar-refractivity contribution >= 4 is 27.6 Å². The Kier molecular flexibility index (Phi) is 6.04. The Balaban J connectivity index is 1.57. The van der Waals surface area contributed by atoms with Crippen LogP contribution in [-0.4, -0.2) is 39.5 Å². The van der Waals surface area contributed by atoms with Gasteiger partial charge in [-0.05, 0) is 62.1 Å². The van der Waals surface area contributed by atoms with Crippen LogP contribution in [0.5, 0.6) is 0 Å². The molecule has 154 valence electrons. The van der Waals surface area contributed by atoms with Gasteiger partial charge >= 0.3 is 5.97 Å². The molecule has 1 amide bonds. The molecule has 1 heterocycles. The van der Waals surface area contributed by atoms with Crippen LogP contribution < -0.4 is 9.62 Å². The maximum absolute atomic E-state index is 12.6. The predicted molar refractivity (Wildman–Crippen MR) is 109 cm³/mol. The highest BCUT2D eigenvalue weighted by Gasteiger charge is 2.30. The molecule has 0 fully saturated rings. The van der Waals surface area contributed by atoms with Gasteiger partial charge < -0.3 is 9.64 Å². The summed E-state index contributed by atoms with van der Waals surface area (Å²) in [6.07, 6.45) is -0.266. The molecular weight excluding hydrogens is 392 g/mol. The van der Waals surface area contributed by atoms with Gasteiger partial charge in [-0.2, -0.15) is 4.72 Å². The summed E-state index contributed by atoms with van der Waals surface area (Å²) in [5, 5.41) is 0. The van der Waals surface area contributed by atoms with Crippen LogP contribution in [-0.2, 0) is 30.8 Å². The third-order valence-corrected chi connectivity index (χ3v) is 6.40. The van der Waals surface area contributed by atoms with Crippen LogP contribution >= 0.6 is 0 Å². The molecule has 0 saturated heterocycles. The molecule has 3 rings (SSSR count). The van der Waals surface area contributed by atoms with Crippen LogP contribution in [0.1, 0.15) is 23.6 Å². The third kappa shape index (κ3) is 4.65. The number of nitrogens with one attached hydrogen (secondary N) is 1. The number of sulfonamides is 1. The highest BCUT2D eigenvalue weighted by Crippen LogP contribution is 2.28. The van der Waals surface area contributed by atoms with Crippen molar-refractivity contribution < 1.29 is 22.7 Å². The van der Waals surface area contributed by atoms with E-state index in [9.17, 15) is 18.0 Å². The van der Waals surface area contributed by atoms with Crippen LogP contribution in [0.4, 0.5) is 5.69 Å². The number of hydrogen-bond acceptors (Lipinski definition) is 5. The number of carbonyl (C=O) groups is 2. The zero-order valence-corrected chi connectivity index (χ0v) is 17.5. The van der Waals surface area contributed by atoms with E-state index in [0.29, 0.717) is 6.54 Å². The fourth-order valence-electron chi connectivity index (χ4n) is 3.19. The topological polar surface area (TPSA) is 92.8 Å². The Morgan fingerprint density at radius 2 is 1.86 bits per heavy atom. The van der Waals surface area contributed by atoms with E-state index in [2.05, 4.69) is 4.72 Å². The Labute approximate surface area is 170 Å². The van der Waals surface area contributed by atoms with Gasteiger partial charge in [-0.25, -0.2) is 8.42 Å². The summed E-state index contributed by atoms with van der Waals surface area (Å²) in [7, 11) is -3.85. The number of nitrogens with zero attached hydrogens (tertiary/aromatic N) is 1. The SMILES string of the molecule is Cc1ccc(S(=O)(=O)NCC(=O)OC(C)C(=O)N2CCc3ccccc32)cc1C. The number of esters is 1. The van der Waals surface area contributed by atoms with Crippen molar-refractivity contribution in [2.24, 2.45) is 0 Å². The smallest absolute Gasteiger partial charge is 0.321 e. The van der Waals surface area contributed by atoms with Gasteiger partial charge in [-0.15, -0.1) is 0 Å². The number of benzene rings is 2. The van der Waals surface area contributed by atoms with Crippen molar-refractivity contribution in [3.63, 3.8) is 0 Å². The minimum absolute atomic E-state index is 0.0752. The molecule has 8 heteroatoms. The van der Waals surface area contributed by atoms with Gasteiger partial charge in [-0.1, -0.05) is 24.3 Å². The van der Waals surface area contributed by atoms with Crippen molar-refractivity contribution in [3.8, 4) is 0 Å². The summed E-state index contributed by atoms with van der Waals surface area (Å²) in [4.78, 5) is 26.4. The maximum atomic E-state index is 12.6. The molecule has 0 spiro atoms. The van der Waals surface area contributed by atoms with Gasteiger partial charge in [0.2, 0.25) is 10.0 Å². The molecular formula is C21H24N2O5S. The highest BCUT2D eigenvalue weighted by atomic mass is 32.2. The molecule has 7 nitrogen and oxygen atoms in total. The molecule has 1 aliphatic rings. The quantitative estimate of drug-likeness (QED) is 0.728. The second-order valence-corrected chi connectivity index (χ2v) is 8.84. The van der Waals surface area contributed by atoms with E-state index in [-0.39, 0.29) is 10.8 Å². The van der Waals surface area contributed by atoms with Crippen LogP contribution in [0.25, 0.3) is 0 Å². The molecule has 0 bridgehead atoms. The van der Waals surface area contributed by atoms with Gasteiger partial charge in [0, 0.05) is 12.2 Å². The van der Waals surface area contributed by atoms with E-state index >= 15 is 0 Å². The van der Waals surface area contributed by atoms with Crippen LogP contribution in [0.15, 0.2) is 47.4 Å². The molecule has 1 unspecified atom stereocenters. The number of aryl methyl sites for hydroxylation is 2. The minimum Gasteiger partial charge on any atom is -0.452 e. The normalized spacial score (nSPS) is 14.4. The van der Waals surface area contributed by atoms with E-state index in [0.717, 1.165) is 28.8 Å². The van der Waals surface area contributed by atoms with Gasteiger partial charge in [0.25, 0.3) is 5.91 Å². The molecule has 2 aromatic carbocycles. The molecule has 1 aliphatic heterocycles. The van der Waals surface area contributed by atoms with Gasteiger partial charge in [0.15, 0.2) is 6.10 Å². The number of hydrogen-bond donors (Lipinski definition) is 1. The van der Waals surface area contributed by atoms with Gasteiger partial charge in [0.1, 0.15) is 6.54 Å². The average molecular weight is 416 g/mol. The lowest BCUT2D eigenvalue weighted by atomic mass is 10.1. The van der Waals surface area contributed by atoms with E-state index in [1.807, 2.05) is 38.1 Å². The number of anilines is 1. The zero-order chi connectivity index (χ0) is 21.2. The maximum Gasteiger partial charge on any atom is 0.321 e. The largest absolute Gasteiger partial charge is 0.452 e. The van der Waals surface area contributed by atoms with Crippen molar-refractivity contribution in [1.82, 2.24) is 4.72 Å². The molecule has 29 heavy (non-hydrogen) atoms. The Morgan fingerprint density at radius 3 is 2.59 bits per heavy atom. The Hall–Kier alpha value is -2.71. The molecule has 0 radical (unpaired) electrons. The Morgan fingerprint density at radius 1 is 1.14 bits per heavy atom. The summed E-state index contributed by atoms with van der Waals surface area (Å²) in [6, 6.07) is 12.3. The lowest BCUT2D eigenvalue weighted by Gasteiger charge is -2.21. The second kappa shape index (κ2) is 8.34. The first-order valence-electron chi connectivity index (χ1n) is 9.35. The van der Waals surface area contributed by atoms with Crippen LogP contribution in [0.2, 0.25) is 0 Å². The summed E-state index contributed by atoms with van der Waals surface area (Å²) in [6.45, 7) is 5.15. The summed E-state index contributed by atoms with van der Waals surface area (Å²) < 4.78 is 32.1. The predicted octanol–water partition coefficient (Wildman–Crippen LogP) is 2.10. The number of fused-ring (bicyclic) bond motifs is 1. The highest BCUT2D eigenvalue weighted by molar-refractivity contribution is 7.89. The van der Waals surface area contributed by atoms with E-state index < -0.39 is 28.6 Å². The average Bonchev–Trinajstić information content (AvgIpc) is 3.12. The molecule has 0 aromatic heterocycles. The van der Waals surface area contributed by atoms with Crippen molar-refractivity contribution in [3.05, 3.63) is 59.2 Å². The van der Waals surface area contributed by atoms with E-state index in [1.165, 1.54) is 13.0 Å². The summed E-state index contributed by atoms with van der Waals surface area (Å²) in [5.74, 6) is -1.15. The second-order valence-electron chi connectivity index (χ2n) is 7.07. The number of ether oxygens (including phenoxy) is 1. The first-order chi connectivity index (χ1) is 13.7. The number of para-hydroxylation sites is 1. The number of rotatable bonds is 6. The van der Waals surface area contributed by atoms with Gasteiger partial charge in [-0.3, -0.25) is 9.59 Å². The van der Waals surface area contributed by atoms with E-state index in [1.54, 1.807) is 17.0 Å². The number of amides is 1. The lowest BCUT2D eigenvalue weighted by Crippen LogP contribution is -2.41. The monoisotopic (exact) mass is 416 g/mol. The fourth-order valence-corrected chi connectivity index (χ4v) is 4.25. The van der Waals surface area contributed by atoms with Crippen molar-refractivity contribution in [2.45, 2.75) is 38.2 Å². The van der Waals surface area contributed by atoms with Crippen LogP contribution in [0, 0.1) is 13.8 Å². The Bertz CT molecular complexity index is 1050. The molecule has 1 N–H and O–H groups in total. The summed E-state index contributed by atoms with van der Waals surface area (Å²) >= 11 is 0. The van der Waals surface area contributed by atoms with Crippen molar-refractivity contribution in [1.29, 1.82) is 0 Å². The standard InChI is InChI=1S/C21H24N2O5S/c1-14-8-9-18(12-15(14)2)29(26,27)22-13-20(24)28-16(3)21(25)23-11-10-17-6-4-5-7-19(17)23/h4-9,12,16,22H,10-11,13H2,1-3H3. The minimum atomic E-state index is -3.85.